The fraction of sp³-hybridized carbons (Fsp3) is 0.364. The van der Waals surface area contributed by atoms with Crippen LogP contribution in [0.3, 0.4) is 0 Å². The average Bonchev–Trinajstić information content (AvgIpc) is 2.92. The van der Waals surface area contributed by atoms with Gasteiger partial charge in [-0.15, -0.1) is 11.3 Å². The van der Waals surface area contributed by atoms with Gasteiger partial charge >= 0.3 is 5.97 Å². The summed E-state index contributed by atoms with van der Waals surface area (Å²) >= 11 is 1.22. The van der Waals surface area contributed by atoms with Gasteiger partial charge in [-0.3, -0.25) is 0 Å². The molecule has 2 aromatic heterocycles. The van der Waals surface area contributed by atoms with Gasteiger partial charge in [0.25, 0.3) is 0 Å². The molecule has 0 aliphatic carbocycles. The van der Waals surface area contributed by atoms with Gasteiger partial charge in [0.2, 0.25) is 11.7 Å². The zero-order valence-corrected chi connectivity index (χ0v) is 10.8. The van der Waals surface area contributed by atoms with Crippen molar-refractivity contribution >= 4 is 17.3 Å². The highest BCUT2D eigenvalue weighted by Crippen LogP contribution is 2.30. The van der Waals surface area contributed by atoms with Crippen molar-refractivity contribution in [3.8, 4) is 5.75 Å². The molecule has 0 saturated carbocycles. The van der Waals surface area contributed by atoms with Gasteiger partial charge in [-0.1, -0.05) is 12.1 Å². The molecule has 0 radical (unpaired) electrons. The Labute approximate surface area is 107 Å². The number of carboxylic acids is 1. The lowest BCUT2D eigenvalue weighted by Gasteiger charge is -2.01. The maximum atomic E-state index is 11.0. The lowest BCUT2D eigenvalue weighted by Crippen LogP contribution is -2.01. The van der Waals surface area contributed by atoms with Crippen LogP contribution in [0.1, 0.15) is 33.2 Å². The standard InChI is InChI=1S/C11H12N2O4S/c1-3-7-4-8(10(18-7)11(14)15)16-5-9-12-6(2)17-13-9/h4H,3,5H2,1-2H3,(H,14,15). The molecule has 0 amide bonds. The molecule has 0 aromatic carbocycles. The fourth-order valence-corrected chi connectivity index (χ4v) is 2.27. The van der Waals surface area contributed by atoms with Gasteiger partial charge in [-0.25, -0.2) is 4.79 Å². The van der Waals surface area contributed by atoms with Gasteiger partial charge in [-0.2, -0.15) is 4.98 Å². The summed E-state index contributed by atoms with van der Waals surface area (Å²) in [6.45, 7) is 3.74. The Hall–Kier alpha value is -1.89. The molecular formula is C11H12N2O4S. The predicted molar refractivity (Wildman–Crippen MR) is 64.0 cm³/mol. The van der Waals surface area contributed by atoms with Crippen molar-refractivity contribution in [3.63, 3.8) is 0 Å². The van der Waals surface area contributed by atoms with E-state index in [1.165, 1.54) is 11.3 Å². The largest absolute Gasteiger partial charge is 0.484 e. The molecule has 0 bridgehead atoms. The molecule has 0 unspecified atom stereocenters. The summed E-state index contributed by atoms with van der Waals surface area (Å²) in [5.41, 5.74) is 0. The number of thiophene rings is 1. The second kappa shape index (κ2) is 5.18. The van der Waals surface area contributed by atoms with Crippen LogP contribution in [0.15, 0.2) is 10.6 Å². The molecule has 2 aromatic rings. The van der Waals surface area contributed by atoms with Crippen LogP contribution in [-0.4, -0.2) is 21.2 Å². The van der Waals surface area contributed by atoms with E-state index >= 15 is 0 Å². The molecular weight excluding hydrogens is 256 g/mol. The topological polar surface area (TPSA) is 85.5 Å². The van der Waals surface area contributed by atoms with Crippen molar-refractivity contribution < 1.29 is 19.2 Å². The van der Waals surface area contributed by atoms with E-state index in [2.05, 4.69) is 10.1 Å². The van der Waals surface area contributed by atoms with E-state index in [-0.39, 0.29) is 11.5 Å². The number of aryl methyl sites for hydroxylation is 2. The Morgan fingerprint density at radius 2 is 2.39 bits per heavy atom. The summed E-state index contributed by atoms with van der Waals surface area (Å²) < 4.78 is 10.2. The summed E-state index contributed by atoms with van der Waals surface area (Å²) in [6, 6.07) is 1.74. The number of nitrogens with zero attached hydrogens (tertiary/aromatic N) is 2. The van der Waals surface area contributed by atoms with Crippen molar-refractivity contribution in [3.05, 3.63) is 27.5 Å². The maximum Gasteiger partial charge on any atom is 0.349 e. The maximum absolute atomic E-state index is 11.0. The number of ether oxygens (including phenoxy) is 1. The molecule has 0 spiro atoms. The Morgan fingerprint density at radius 3 is 2.94 bits per heavy atom. The first-order chi connectivity index (χ1) is 8.60. The van der Waals surface area contributed by atoms with Crippen molar-refractivity contribution in [2.24, 2.45) is 0 Å². The Kier molecular flexibility index (Phi) is 3.61. The molecule has 0 aliphatic heterocycles. The third-order valence-electron chi connectivity index (χ3n) is 2.22. The van der Waals surface area contributed by atoms with E-state index in [0.29, 0.717) is 17.5 Å². The van der Waals surface area contributed by atoms with Gasteiger partial charge in [0.1, 0.15) is 5.75 Å². The molecule has 0 atom stereocenters. The van der Waals surface area contributed by atoms with Gasteiger partial charge in [0.15, 0.2) is 11.5 Å². The minimum atomic E-state index is -0.987. The molecule has 2 rings (SSSR count). The van der Waals surface area contributed by atoms with Crippen molar-refractivity contribution in [1.29, 1.82) is 0 Å². The predicted octanol–water partition coefficient (Wildman–Crippen LogP) is 2.28. The lowest BCUT2D eigenvalue weighted by atomic mass is 10.3. The number of carboxylic acid groups (broad SMARTS) is 1. The van der Waals surface area contributed by atoms with Crippen LogP contribution >= 0.6 is 11.3 Å². The van der Waals surface area contributed by atoms with Gasteiger partial charge in [0.05, 0.1) is 0 Å². The third kappa shape index (κ3) is 2.67. The highest BCUT2D eigenvalue weighted by atomic mass is 32.1. The molecule has 1 N–H and O–H groups in total. The summed E-state index contributed by atoms with van der Waals surface area (Å²) in [4.78, 5) is 16.2. The number of rotatable bonds is 5. The lowest BCUT2D eigenvalue weighted by molar-refractivity contribution is 0.0697. The SMILES string of the molecule is CCc1cc(OCc2noc(C)n2)c(C(=O)O)s1. The van der Waals surface area contributed by atoms with Crippen LogP contribution in [0.25, 0.3) is 0 Å². The Balaban J connectivity index is 2.12. The summed E-state index contributed by atoms with van der Waals surface area (Å²) in [5, 5.41) is 12.7. The first-order valence-corrected chi connectivity index (χ1v) is 6.19. The Bertz CT molecular complexity index is 561. The van der Waals surface area contributed by atoms with E-state index in [4.69, 9.17) is 14.4 Å². The van der Waals surface area contributed by atoms with E-state index in [1.807, 2.05) is 6.92 Å². The number of carbonyl (C=O) groups is 1. The second-order valence-electron chi connectivity index (χ2n) is 3.58. The Morgan fingerprint density at radius 1 is 1.61 bits per heavy atom. The summed E-state index contributed by atoms with van der Waals surface area (Å²) in [7, 11) is 0. The van der Waals surface area contributed by atoms with E-state index in [9.17, 15) is 4.79 Å². The van der Waals surface area contributed by atoms with Gasteiger partial charge < -0.3 is 14.4 Å². The zero-order chi connectivity index (χ0) is 13.1. The van der Waals surface area contributed by atoms with Crippen LogP contribution in [0, 0.1) is 6.92 Å². The normalized spacial score (nSPS) is 10.6. The molecule has 6 nitrogen and oxygen atoms in total. The molecule has 18 heavy (non-hydrogen) atoms. The van der Waals surface area contributed by atoms with E-state index < -0.39 is 5.97 Å². The first kappa shape index (κ1) is 12.6. The molecule has 2 heterocycles. The molecule has 7 heteroatoms. The molecule has 96 valence electrons. The minimum absolute atomic E-state index is 0.0947. The highest BCUT2D eigenvalue weighted by molar-refractivity contribution is 7.14. The van der Waals surface area contributed by atoms with Crippen molar-refractivity contribution in [2.75, 3.05) is 0 Å². The number of hydrogen-bond acceptors (Lipinski definition) is 6. The minimum Gasteiger partial charge on any atom is -0.484 e. The number of hydrogen-bond donors (Lipinski definition) is 1. The smallest absolute Gasteiger partial charge is 0.349 e. The zero-order valence-electron chi connectivity index (χ0n) is 9.97. The molecule has 0 fully saturated rings. The van der Waals surface area contributed by atoms with Crippen molar-refractivity contribution in [2.45, 2.75) is 26.9 Å². The van der Waals surface area contributed by atoms with Crippen molar-refractivity contribution in [1.82, 2.24) is 10.1 Å². The molecule has 0 aliphatic rings. The average molecular weight is 268 g/mol. The monoisotopic (exact) mass is 268 g/mol. The number of aromatic nitrogens is 2. The van der Waals surface area contributed by atoms with Gasteiger partial charge in [0, 0.05) is 11.8 Å². The third-order valence-corrected chi connectivity index (χ3v) is 3.47. The first-order valence-electron chi connectivity index (χ1n) is 5.38. The van der Waals surface area contributed by atoms with Crippen LogP contribution < -0.4 is 4.74 Å². The van der Waals surface area contributed by atoms with E-state index in [0.717, 1.165) is 11.3 Å². The van der Waals surface area contributed by atoms with E-state index in [1.54, 1.807) is 13.0 Å². The van der Waals surface area contributed by atoms with Crippen LogP contribution in [0.2, 0.25) is 0 Å². The van der Waals surface area contributed by atoms with Crippen LogP contribution in [0.5, 0.6) is 5.75 Å². The van der Waals surface area contributed by atoms with Crippen LogP contribution in [-0.2, 0) is 13.0 Å². The van der Waals surface area contributed by atoms with Crippen LogP contribution in [0.4, 0.5) is 0 Å². The highest BCUT2D eigenvalue weighted by Gasteiger charge is 2.17. The summed E-state index contributed by atoms with van der Waals surface area (Å²) in [5.74, 6) is 0.213. The molecule has 0 saturated heterocycles. The second-order valence-corrected chi connectivity index (χ2v) is 4.72. The number of aromatic carboxylic acids is 1. The van der Waals surface area contributed by atoms with Gasteiger partial charge in [-0.05, 0) is 12.5 Å². The summed E-state index contributed by atoms with van der Waals surface area (Å²) in [6.07, 6.45) is 0.773. The quantitative estimate of drug-likeness (QED) is 0.895. The fourth-order valence-electron chi connectivity index (χ4n) is 1.40.